The average molecular weight is 317 g/mol. The lowest BCUT2D eigenvalue weighted by atomic mass is 10.0. The third-order valence-electron chi connectivity index (χ3n) is 3.48. The zero-order chi connectivity index (χ0) is 16.0. The highest BCUT2D eigenvalue weighted by atomic mass is 32.2. The molecular weight excluding hydrogens is 298 g/mol. The summed E-state index contributed by atoms with van der Waals surface area (Å²) in [5, 5.41) is 22.5. The molecule has 2 N–H and O–H groups in total. The van der Waals surface area contributed by atoms with E-state index in [9.17, 15) is 18.3 Å². The topological polar surface area (TPSA) is 113 Å². The molecule has 21 heavy (non-hydrogen) atoms. The van der Waals surface area contributed by atoms with Gasteiger partial charge in [0.2, 0.25) is 10.0 Å². The number of sulfonamides is 1. The Hall–Kier alpha value is -1.45. The number of nitrogens with zero attached hydrogens (tertiary/aromatic N) is 3. The van der Waals surface area contributed by atoms with Crippen molar-refractivity contribution in [3.63, 3.8) is 0 Å². The zero-order valence-corrected chi connectivity index (χ0v) is 13.0. The van der Waals surface area contributed by atoms with Gasteiger partial charge in [0.25, 0.3) is 0 Å². The summed E-state index contributed by atoms with van der Waals surface area (Å²) in [6.45, 7) is 4.98. The second-order valence-electron chi connectivity index (χ2n) is 5.64. The molecule has 0 radical (unpaired) electrons. The molecule has 0 atom stereocenters. The van der Waals surface area contributed by atoms with Crippen molar-refractivity contribution in [2.24, 2.45) is 0 Å². The van der Waals surface area contributed by atoms with Crippen molar-refractivity contribution in [2.75, 3.05) is 13.1 Å². The van der Waals surface area contributed by atoms with Gasteiger partial charge in [0.1, 0.15) is 4.90 Å². The predicted octanol–water partition coefficient (Wildman–Crippen LogP) is -0.270. The van der Waals surface area contributed by atoms with Gasteiger partial charge in [-0.05, 0) is 20.8 Å². The van der Waals surface area contributed by atoms with Crippen LogP contribution < -0.4 is 0 Å². The summed E-state index contributed by atoms with van der Waals surface area (Å²) in [6.07, 6.45) is -0.125. The Kier molecular flexibility index (Phi) is 3.85. The fourth-order valence-corrected chi connectivity index (χ4v) is 4.53. The minimum atomic E-state index is -3.71. The van der Waals surface area contributed by atoms with Gasteiger partial charge >= 0.3 is 5.97 Å². The first-order valence-corrected chi connectivity index (χ1v) is 7.97. The maximum Gasteiger partial charge on any atom is 0.305 e. The van der Waals surface area contributed by atoms with E-state index in [1.54, 1.807) is 20.8 Å². The van der Waals surface area contributed by atoms with Gasteiger partial charge < -0.3 is 10.2 Å². The SMILES string of the molecule is Cc1nn(CCC(=O)O)c(C)c1S(=O)(=O)N1CC(C)(O)C1. The fraction of sp³-hybridized carbons (Fsp3) is 0.667. The van der Waals surface area contributed by atoms with Crippen LogP contribution in [0.3, 0.4) is 0 Å². The van der Waals surface area contributed by atoms with Crippen molar-refractivity contribution < 1.29 is 23.4 Å². The number of aliphatic carboxylic acids is 1. The lowest BCUT2D eigenvalue weighted by Gasteiger charge is -2.42. The molecular formula is C12H19N3O5S. The molecule has 1 aromatic heterocycles. The first kappa shape index (κ1) is 15.9. The smallest absolute Gasteiger partial charge is 0.305 e. The van der Waals surface area contributed by atoms with Crippen LogP contribution in [0.1, 0.15) is 24.7 Å². The van der Waals surface area contributed by atoms with Crippen molar-refractivity contribution >= 4 is 16.0 Å². The van der Waals surface area contributed by atoms with Gasteiger partial charge in [-0.1, -0.05) is 0 Å². The van der Waals surface area contributed by atoms with Gasteiger partial charge in [0.15, 0.2) is 0 Å². The Bertz CT molecular complexity index is 669. The molecule has 0 unspecified atom stereocenters. The number of carboxylic acids is 1. The van der Waals surface area contributed by atoms with Gasteiger partial charge in [0.05, 0.1) is 30.0 Å². The standard InChI is InChI=1S/C12H19N3O5S/c1-8-11(9(2)15(13-8)5-4-10(16)17)21(19,20)14-6-12(3,18)7-14/h18H,4-7H2,1-3H3,(H,16,17). The van der Waals surface area contributed by atoms with Gasteiger partial charge in [-0.15, -0.1) is 0 Å². The number of hydrogen-bond acceptors (Lipinski definition) is 5. The minimum absolute atomic E-state index is 0.0501. The summed E-state index contributed by atoms with van der Waals surface area (Å²) in [6, 6.07) is 0. The molecule has 2 heterocycles. The van der Waals surface area contributed by atoms with Crippen LogP contribution in [-0.4, -0.2) is 57.4 Å². The molecule has 9 heteroatoms. The molecule has 8 nitrogen and oxygen atoms in total. The quantitative estimate of drug-likeness (QED) is 0.773. The van der Waals surface area contributed by atoms with E-state index in [0.717, 1.165) is 0 Å². The number of aliphatic hydroxyl groups is 1. The second kappa shape index (κ2) is 5.08. The highest BCUT2D eigenvalue weighted by Gasteiger charge is 2.45. The fourth-order valence-electron chi connectivity index (χ4n) is 2.49. The van der Waals surface area contributed by atoms with Crippen molar-refractivity contribution in [3.05, 3.63) is 11.4 Å². The van der Waals surface area contributed by atoms with Crippen LogP contribution in [0.15, 0.2) is 4.90 Å². The molecule has 1 saturated heterocycles. The number of carbonyl (C=O) groups is 1. The molecule has 0 aromatic carbocycles. The lowest BCUT2D eigenvalue weighted by Crippen LogP contribution is -2.61. The summed E-state index contributed by atoms with van der Waals surface area (Å²) in [4.78, 5) is 10.7. The van der Waals surface area contributed by atoms with Crippen molar-refractivity contribution in [1.29, 1.82) is 0 Å². The van der Waals surface area contributed by atoms with Crippen LogP contribution in [-0.2, 0) is 21.4 Å². The van der Waals surface area contributed by atoms with E-state index in [1.165, 1.54) is 8.99 Å². The molecule has 0 saturated carbocycles. The van der Waals surface area contributed by atoms with E-state index in [4.69, 9.17) is 5.11 Å². The summed E-state index contributed by atoms with van der Waals surface area (Å²) < 4.78 is 27.7. The third kappa shape index (κ3) is 2.94. The Morgan fingerprint density at radius 3 is 2.43 bits per heavy atom. The van der Waals surface area contributed by atoms with E-state index in [-0.39, 0.29) is 31.0 Å². The lowest BCUT2D eigenvalue weighted by molar-refractivity contribution is -0.137. The van der Waals surface area contributed by atoms with E-state index in [2.05, 4.69) is 5.10 Å². The minimum Gasteiger partial charge on any atom is -0.481 e. The number of aryl methyl sites for hydroxylation is 2. The van der Waals surface area contributed by atoms with E-state index < -0.39 is 21.6 Å². The zero-order valence-electron chi connectivity index (χ0n) is 12.2. The number of aromatic nitrogens is 2. The predicted molar refractivity (Wildman–Crippen MR) is 73.3 cm³/mol. The van der Waals surface area contributed by atoms with Crippen LogP contribution in [0.25, 0.3) is 0 Å². The average Bonchev–Trinajstić information content (AvgIpc) is 2.59. The molecule has 1 aliphatic heterocycles. The highest BCUT2D eigenvalue weighted by Crippen LogP contribution is 2.30. The number of β-amino-alcohol motifs (C(OH)–C–C–N with tert-alkyl or cyclic N) is 1. The third-order valence-corrected chi connectivity index (χ3v) is 5.53. The van der Waals surface area contributed by atoms with Crippen molar-refractivity contribution in [2.45, 2.75) is 44.2 Å². The molecule has 0 bridgehead atoms. The summed E-state index contributed by atoms with van der Waals surface area (Å²) >= 11 is 0. The largest absolute Gasteiger partial charge is 0.481 e. The van der Waals surface area contributed by atoms with E-state index >= 15 is 0 Å². The molecule has 1 aliphatic rings. The Balaban J connectivity index is 2.30. The molecule has 0 aliphatic carbocycles. The first-order valence-electron chi connectivity index (χ1n) is 6.53. The summed E-state index contributed by atoms with van der Waals surface area (Å²) in [5.74, 6) is -0.967. The Morgan fingerprint density at radius 1 is 1.38 bits per heavy atom. The van der Waals surface area contributed by atoms with Crippen LogP contribution in [0, 0.1) is 13.8 Å². The molecule has 118 valence electrons. The first-order chi connectivity index (χ1) is 9.54. The van der Waals surface area contributed by atoms with Crippen LogP contribution in [0.4, 0.5) is 0 Å². The number of hydrogen-bond donors (Lipinski definition) is 2. The number of rotatable bonds is 5. The van der Waals surface area contributed by atoms with Crippen molar-refractivity contribution in [3.8, 4) is 0 Å². The van der Waals surface area contributed by atoms with Crippen LogP contribution in [0.5, 0.6) is 0 Å². The highest BCUT2D eigenvalue weighted by molar-refractivity contribution is 7.89. The van der Waals surface area contributed by atoms with E-state index in [0.29, 0.717) is 11.4 Å². The van der Waals surface area contributed by atoms with Gasteiger partial charge in [-0.2, -0.15) is 9.40 Å². The molecule has 1 fully saturated rings. The monoisotopic (exact) mass is 317 g/mol. The maximum absolute atomic E-state index is 12.5. The molecule has 2 rings (SSSR count). The van der Waals surface area contributed by atoms with Crippen LogP contribution >= 0.6 is 0 Å². The van der Waals surface area contributed by atoms with Gasteiger partial charge in [0, 0.05) is 13.1 Å². The summed E-state index contributed by atoms with van der Waals surface area (Å²) in [7, 11) is -3.71. The maximum atomic E-state index is 12.5. The van der Waals surface area contributed by atoms with Crippen molar-refractivity contribution in [1.82, 2.24) is 14.1 Å². The van der Waals surface area contributed by atoms with Gasteiger partial charge in [-0.25, -0.2) is 8.42 Å². The Morgan fingerprint density at radius 2 is 1.95 bits per heavy atom. The molecule has 0 spiro atoms. The molecule has 1 aromatic rings. The van der Waals surface area contributed by atoms with Crippen LogP contribution in [0.2, 0.25) is 0 Å². The second-order valence-corrected chi connectivity index (χ2v) is 7.51. The van der Waals surface area contributed by atoms with Gasteiger partial charge in [-0.3, -0.25) is 9.48 Å². The van der Waals surface area contributed by atoms with E-state index in [1.807, 2.05) is 0 Å². The summed E-state index contributed by atoms with van der Waals surface area (Å²) in [5.41, 5.74) is -0.238. The normalized spacial score (nSPS) is 18.5. The number of carboxylic acid groups (broad SMARTS) is 1. The Labute approximate surface area is 123 Å². The molecule has 0 amide bonds.